The van der Waals surface area contributed by atoms with Crippen LogP contribution >= 0.6 is 0 Å². The zero-order valence-electron chi connectivity index (χ0n) is 16.6. The van der Waals surface area contributed by atoms with Crippen molar-refractivity contribution in [3.63, 3.8) is 0 Å². The number of hydrogen-bond acceptors (Lipinski definition) is 2. The Kier molecular flexibility index (Phi) is 5.62. The number of nitrogens with zero attached hydrogens (tertiary/aromatic N) is 2. The molecule has 162 valence electrons. The third-order valence-electron chi connectivity index (χ3n) is 4.64. The van der Waals surface area contributed by atoms with Crippen LogP contribution in [0.25, 0.3) is 22.0 Å². The van der Waals surface area contributed by atoms with Gasteiger partial charge < -0.3 is 10.3 Å². The number of hydrogen-bond donors (Lipinski definition) is 1. The highest BCUT2D eigenvalue weighted by atomic mass is 19.4. The summed E-state index contributed by atoms with van der Waals surface area (Å²) in [7, 11) is 0. The van der Waals surface area contributed by atoms with Gasteiger partial charge in [0.05, 0.1) is 6.04 Å². The summed E-state index contributed by atoms with van der Waals surface area (Å²) in [5.74, 6) is -0.975. The van der Waals surface area contributed by atoms with Gasteiger partial charge in [0.25, 0.3) is 6.43 Å². The molecule has 0 aliphatic carbocycles. The van der Waals surface area contributed by atoms with Gasteiger partial charge in [-0.15, -0.1) is 0 Å². The van der Waals surface area contributed by atoms with Crippen LogP contribution in [0.2, 0.25) is 0 Å². The average molecular weight is 429 g/mol. The molecule has 0 saturated carbocycles. The summed E-state index contributed by atoms with van der Waals surface area (Å²) < 4.78 is 83.2. The maximum Gasteiger partial charge on any atom is 0.433 e. The summed E-state index contributed by atoms with van der Waals surface area (Å²) in [6, 6.07) is 2.96. The molecule has 0 saturated heterocycles. The van der Waals surface area contributed by atoms with Crippen LogP contribution in [0.4, 0.5) is 26.3 Å². The first-order chi connectivity index (χ1) is 13.8. The lowest BCUT2D eigenvalue weighted by Gasteiger charge is -2.20. The predicted molar refractivity (Wildman–Crippen MR) is 103 cm³/mol. The fraction of sp³-hybridized carbons (Fsp3) is 0.381. The monoisotopic (exact) mass is 429 g/mol. The standard InChI is InChI=1S/C21H21F6N3/c1-20(2,3)10-30-9-14(17(28)19(23)24)13-7-15(22)12(8-16(13)30)11-5-4-6-29-18(11)21(25,26)27/h4-9,17,19H,10,28H2,1-3H3/t17-/m0/s1. The van der Waals surface area contributed by atoms with Gasteiger partial charge in [0.1, 0.15) is 5.82 Å². The molecule has 1 atom stereocenters. The van der Waals surface area contributed by atoms with Gasteiger partial charge in [0.15, 0.2) is 5.69 Å². The molecule has 30 heavy (non-hydrogen) atoms. The van der Waals surface area contributed by atoms with Gasteiger partial charge >= 0.3 is 6.18 Å². The first kappa shape index (κ1) is 22.1. The van der Waals surface area contributed by atoms with Crippen LogP contribution in [0, 0.1) is 11.2 Å². The summed E-state index contributed by atoms with van der Waals surface area (Å²) in [6.07, 6.45) is -5.26. The van der Waals surface area contributed by atoms with E-state index in [1.54, 1.807) is 4.57 Å². The van der Waals surface area contributed by atoms with E-state index in [9.17, 15) is 26.3 Å². The molecule has 2 N–H and O–H groups in total. The number of halogens is 6. The lowest BCUT2D eigenvalue weighted by molar-refractivity contribution is -0.140. The van der Waals surface area contributed by atoms with E-state index in [0.29, 0.717) is 12.1 Å². The van der Waals surface area contributed by atoms with Crippen molar-refractivity contribution in [2.75, 3.05) is 0 Å². The van der Waals surface area contributed by atoms with Crippen LogP contribution in [0.5, 0.6) is 0 Å². The van der Waals surface area contributed by atoms with Crippen LogP contribution in [0.3, 0.4) is 0 Å². The van der Waals surface area contributed by atoms with E-state index in [4.69, 9.17) is 5.73 Å². The van der Waals surface area contributed by atoms with Crippen molar-refractivity contribution in [3.05, 3.63) is 53.7 Å². The molecule has 0 bridgehead atoms. The Hall–Kier alpha value is -2.55. The van der Waals surface area contributed by atoms with Crippen LogP contribution in [0.1, 0.15) is 38.1 Å². The number of benzene rings is 1. The number of rotatable bonds is 4. The van der Waals surface area contributed by atoms with Crippen LogP contribution in [0.15, 0.2) is 36.7 Å². The minimum absolute atomic E-state index is 0.0388. The normalized spacial score (nSPS) is 14.0. The van der Waals surface area contributed by atoms with Crippen LogP contribution < -0.4 is 5.73 Å². The molecule has 3 rings (SSSR count). The molecule has 9 heteroatoms. The maximum atomic E-state index is 14.9. The summed E-state index contributed by atoms with van der Waals surface area (Å²) in [5.41, 5.74) is 3.74. The van der Waals surface area contributed by atoms with Gasteiger partial charge in [-0.25, -0.2) is 13.2 Å². The largest absolute Gasteiger partial charge is 0.433 e. The van der Waals surface area contributed by atoms with E-state index in [0.717, 1.165) is 18.3 Å². The Morgan fingerprint density at radius 2 is 1.77 bits per heavy atom. The predicted octanol–water partition coefficient (Wildman–Crippen LogP) is 6.17. The highest BCUT2D eigenvalue weighted by molar-refractivity contribution is 5.89. The Morgan fingerprint density at radius 1 is 1.10 bits per heavy atom. The molecule has 1 aromatic carbocycles. The summed E-state index contributed by atoms with van der Waals surface area (Å²) >= 11 is 0. The molecular formula is C21H21F6N3. The number of alkyl halides is 5. The lowest BCUT2D eigenvalue weighted by Crippen LogP contribution is -2.19. The second-order valence-corrected chi connectivity index (χ2v) is 8.38. The van der Waals surface area contributed by atoms with E-state index >= 15 is 0 Å². The highest BCUT2D eigenvalue weighted by Gasteiger charge is 2.36. The van der Waals surface area contributed by atoms with Gasteiger partial charge in [-0.1, -0.05) is 26.8 Å². The maximum absolute atomic E-state index is 14.9. The molecule has 3 aromatic rings. The summed E-state index contributed by atoms with van der Waals surface area (Å²) in [5, 5.41) is 0.144. The minimum Gasteiger partial charge on any atom is -0.347 e. The zero-order valence-corrected chi connectivity index (χ0v) is 16.6. The minimum atomic E-state index is -4.78. The van der Waals surface area contributed by atoms with Gasteiger partial charge in [0, 0.05) is 46.5 Å². The number of pyridine rings is 1. The van der Waals surface area contributed by atoms with Crippen molar-refractivity contribution in [2.24, 2.45) is 11.1 Å². The molecular weight excluding hydrogens is 408 g/mol. The summed E-state index contributed by atoms with van der Waals surface area (Å²) in [6.45, 7) is 6.11. The topological polar surface area (TPSA) is 43.8 Å². The summed E-state index contributed by atoms with van der Waals surface area (Å²) in [4.78, 5) is 3.37. The lowest BCUT2D eigenvalue weighted by atomic mass is 9.96. The van der Waals surface area contributed by atoms with E-state index in [1.807, 2.05) is 20.8 Å². The second kappa shape index (κ2) is 7.61. The Labute approximate surface area is 169 Å². The molecule has 2 aromatic heterocycles. The molecule has 2 heterocycles. The van der Waals surface area contributed by atoms with E-state index in [1.165, 1.54) is 18.3 Å². The van der Waals surface area contributed by atoms with Gasteiger partial charge in [-0.2, -0.15) is 13.2 Å². The fourth-order valence-electron chi connectivity index (χ4n) is 3.44. The molecule has 0 unspecified atom stereocenters. The third-order valence-corrected chi connectivity index (χ3v) is 4.64. The smallest absolute Gasteiger partial charge is 0.347 e. The first-order valence-corrected chi connectivity index (χ1v) is 9.18. The first-order valence-electron chi connectivity index (χ1n) is 9.18. The molecule has 0 spiro atoms. The molecule has 0 fully saturated rings. The van der Waals surface area contributed by atoms with Gasteiger partial charge in [0.2, 0.25) is 0 Å². The van der Waals surface area contributed by atoms with Crippen molar-refractivity contribution in [2.45, 2.75) is 46.0 Å². The van der Waals surface area contributed by atoms with Gasteiger partial charge in [-0.3, -0.25) is 4.98 Å². The molecule has 3 nitrogen and oxygen atoms in total. The fourth-order valence-corrected chi connectivity index (χ4v) is 3.44. The van der Waals surface area contributed by atoms with Crippen LogP contribution in [-0.4, -0.2) is 16.0 Å². The number of aromatic nitrogens is 2. The second-order valence-electron chi connectivity index (χ2n) is 8.38. The van der Waals surface area contributed by atoms with Crippen molar-refractivity contribution in [1.82, 2.24) is 9.55 Å². The third kappa shape index (κ3) is 4.30. The average Bonchev–Trinajstić information content (AvgIpc) is 2.95. The van der Waals surface area contributed by atoms with Crippen molar-refractivity contribution < 1.29 is 26.3 Å². The van der Waals surface area contributed by atoms with E-state index in [-0.39, 0.29) is 21.9 Å². The van der Waals surface area contributed by atoms with Crippen molar-refractivity contribution >= 4 is 10.9 Å². The van der Waals surface area contributed by atoms with E-state index in [2.05, 4.69) is 4.98 Å². The number of fused-ring (bicyclic) bond motifs is 1. The Balaban J connectivity index is 2.31. The zero-order chi connectivity index (χ0) is 22.4. The molecule has 0 amide bonds. The molecule has 0 aliphatic rings. The van der Waals surface area contributed by atoms with Gasteiger partial charge in [-0.05, 0) is 23.6 Å². The Morgan fingerprint density at radius 3 is 2.33 bits per heavy atom. The number of nitrogens with two attached hydrogens (primary N) is 1. The SMILES string of the molecule is CC(C)(C)Cn1cc([C@H](N)C(F)F)c2cc(F)c(-c3cccnc3C(F)(F)F)cc21. The van der Waals surface area contributed by atoms with Crippen molar-refractivity contribution in [3.8, 4) is 11.1 Å². The molecule has 0 radical (unpaired) electrons. The Bertz CT molecular complexity index is 1060. The molecule has 0 aliphatic heterocycles. The van der Waals surface area contributed by atoms with E-state index < -0.39 is 35.7 Å². The van der Waals surface area contributed by atoms with Crippen molar-refractivity contribution in [1.29, 1.82) is 0 Å². The van der Waals surface area contributed by atoms with Crippen LogP contribution in [-0.2, 0) is 12.7 Å². The highest BCUT2D eigenvalue weighted by Crippen LogP contribution is 2.39. The quantitative estimate of drug-likeness (QED) is 0.504.